The van der Waals surface area contributed by atoms with Gasteiger partial charge in [-0.1, -0.05) is 6.07 Å². The van der Waals surface area contributed by atoms with E-state index in [0.29, 0.717) is 5.56 Å². The Bertz CT molecular complexity index is 432. The lowest BCUT2D eigenvalue weighted by Crippen LogP contribution is -2.28. The molecule has 0 aliphatic heterocycles. The third-order valence-corrected chi connectivity index (χ3v) is 2.48. The van der Waals surface area contributed by atoms with Crippen molar-refractivity contribution in [2.45, 2.75) is 19.0 Å². The zero-order valence-corrected chi connectivity index (χ0v) is 8.99. The number of rotatable bonds is 3. The van der Waals surface area contributed by atoms with Crippen LogP contribution in [0.1, 0.15) is 17.0 Å². The number of hydrogen-bond acceptors (Lipinski definition) is 3. The van der Waals surface area contributed by atoms with Crippen molar-refractivity contribution >= 4 is 5.69 Å². The fraction of sp³-hybridized carbons (Fsp3) is 0.400. The maximum Gasteiger partial charge on any atom is 0.396 e. The van der Waals surface area contributed by atoms with E-state index < -0.39 is 23.6 Å². The molecule has 0 heterocycles. The molecule has 0 bridgehead atoms. The van der Waals surface area contributed by atoms with Crippen LogP contribution in [0.4, 0.5) is 18.9 Å². The molecule has 0 aromatic heterocycles. The van der Waals surface area contributed by atoms with Gasteiger partial charge in [0.1, 0.15) is 0 Å². The first-order valence-corrected chi connectivity index (χ1v) is 4.79. The second-order valence-electron chi connectivity index (χ2n) is 3.63. The lowest BCUT2D eigenvalue weighted by Gasteiger charge is -2.20. The minimum Gasteiger partial charge on any atom is -0.330 e. The Hall–Kier alpha value is -1.63. The van der Waals surface area contributed by atoms with Crippen LogP contribution < -0.4 is 5.73 Å². The van der Waals surface area contributed by atoms with E-state index in [0.717, 1.165) is 6.07 Å². The Balaban J connectivity index is 3.28. The van der Waals surface area contributed by atoms with Crippen molar-refractivity contribution in [1.29, 1.82) is 0 Å². The maximum atomic E-state index is 12.7. The molecule has 7 heteroatoms. The van der Waals surface area contributed by atoms with Gasteiger partial charge in [0.25, 0.3) is 5.69 Å². The zero-order valence-electron chi connectivity index (χ0n) is 8.99. The lowest BCUT2D eigenvalue weighted by molar-refractivity contribution is -0.385. The van der Waals surface area contributed by atoms with Crippen LogP contribution in [0, 0.1) is 17.0 Å². The predicted octanol–water partition coefficient (Wildman–Crippen LogP) is 2.51. The normalized spacial score (nSPS) is 13.5. The molecule has 0 amide bonds. The van der Waals surface area contributed by atoms with Gasteiger partial charge >= 0.3 is 6.18 Å². The second-order valence-corrected chi connectivity index (χ2v) is 3.63. The van der Waals surface area contributed by atoms with Gasteiger partial charge in [-0.25, -0.2) is 0 Å². The van der Waals surface area contributed by atoms with E-state index in [1.807, 2.05) is 0 Å². The first-order valence-electron chi connectivity index (χ1n) is 4.79. The van der Waals surface area contributed by atoms with Gasteiger partial charge in [-0.2, -0.15) is 13.2 Å². The fourth-order valence-corrected chi connectivity index (χ4v) is 1.55. The van der Waals surface area contributed by atoms with Crippen molar-refractivity contribution in [3.05, 3.63) is 39.4 Å². The molecule has 1 aromatic rings. The molecule has 0 spiro atoms. The summed E-state index contributed by atoms with van der Waals surface area (Å²) in [6.45, 7) is 0.832. The molecule has 1 rings (SSSR count). The lowest BCUT2D eigenvalue weighted by atomic mass is 9.94. The molecule has 1 unspecified atom stereocenters. The van der Waals surface area contributed by atoms with Crippen LogP contribution in [0.25, 0.3) is 0 Å². The quantitative estimate of drug-likeness (QED) is 0.660. The van der Waals surface area contributed by atoms with E-state index in [9.17, 15) is 23.3 Å². The predicted molar refractivity (Wildman–Crippen MR) is 55.7 cm³/mol. The van der Waals surface area contributed by atoms with E-state index >= 15 is 0 Å². The first kappa shape index (κ1) is 13.4. The van der Waals surface area contributed by atoms with Gasteiger partial charge in [0, 0.05) is 18.7 Å². The molecule has 0 saturated heterocycles. The summed E-state index contributed by atoms with van der Waals surface area (Å²) in [6.07, 6.45) is -4.51. The highest BCUT2D eigenvalue weighted by Gasteiger charge is 2.40. The van der Waals surface area contributed by atoms with Crippen LogP contribution in [0.3, 0.4) is 0 Å². The summed E-state index contributed by atoms with van der Waals surface area (Å²) < 4.78 is 38.0. The van der Waals surface area contributed by atoms with Crippen molar-refractivity contribution in [3.63, 3.8) is 0 Å². The second kappa shape index (κ2) is 4.70. The number of nitro groups is 1. The minimum absolute atomic E-state index is 0.144. The molecule has 17 heavy (non-hydrogen) atoms. The topological polar surface area (TPSA) is 69.2 Å². The average Bonchev–Trinajstić information content (AvgIpc) is 2.19. The highest BCUT2D eigenvalue weighted by atomic mass is 19.4. The van der Waals surface area contributed by atoms with Crippen LogP contribution in [0.2, 0.25) is 0 Å². The van der Waals surface area contributed by atoms with Gasteiger partial charge in [-0.05, 0) is 18.1 Å². The minimum atomic E-state index is -4.51. The molecule has 94 valence electrons. The number of nitrogens with two attached hydrogens (primary N) is 1. The van der Waals surface area contributed by atoms with Crippen LogP contribution in [-0.2, 0) is 0 Å². The summed E-state index contributed by atoms with van der Waals surface area (Å²) in [5, 5.41) is 10.5. The monoisotopic (exact) mass is 248 g/mol. The SMILES string of the molecule is Cc1ccc([N+](=O)[O-])cc1C(CN)C(F)(F)F. The largest absolute Gasteiger partial charge is 0.396 e. The van der Waals surface area contributed by atoms with Crippen LogP contribution in [-0.4, -0.2) is 17.6 Å². The molecule has 0 saturated carbocycles. The molecule has 1 atom stereocenters. The Morgan fingerprint density at radius 2 is 2.06 bits per heavy atom. The summed E-state index contributed by atoms with van der Waals surface area (Å²) in [7, 11) is 0. The number of nitrogens with zero attached hydrogens (tertiary/aromatic N) is 1. The van der Waals surface area contributed by atoms with Crippen LogP contribution in [0.5, 0.6) is 0 Å². The highest BCUT2D eigenvalue weighted by Crippen LogP contribution is 2.36. The Morgan fingerprint density at radius 1 is 1.47 bits per heavy atom. The number of alkyl halides is 3. The molecule has 0 radical (unpaired) electrons. The van der Waals surface area contributed by atoms with Gasteiger partial charge in [0.2, 0.25) is 0 Å². The third kappa shape index (κ3) is 2.94. The third-order valence-electron chi connectivity index (χ3n) is 2.48. The van der Waals surface area contributed by atoms with Crippen LogP contribution >= 0.6 is 0 Å². The Kier molecular flexibility index (Phi) is 3.72. The number of benzene rings is 1. The fourth-order valence-electron chi connectivity index (χ4n) is 1.55. The number of halogens is 3. The van der Waals surface area contributed by atoms with Gasteiger partial charge < -0.3 is 5.73 Å². The number of aryl methyl sites for hydroxylation is 1. The maximum absolute atomic E-state index is 12.7. The van der Waals surface area contributed by atoms with Gasteiger partial charge in [0.05, 0.1) is 10.8 Å². The summed E-state index contributed by atoms with van der Waals surface area (Å²) in [6, 6.07) is 3.39. The van der Waals surface area contributed by atoms with E-state index in [-0.39, 0.29) is 11.3 Å². The highest BCUT2D eigenvalue weighted by molar-refractivity contribution is 5.41. The van der Waals surface area contributed by atoms with E-state index in [2.05, 4.69) is 0 Å². The van der Waals surface area contributed by atoms with Gasteiger partial charge in [-0.3, -0.25) is 10.1 Å². The molecule has 0 aliphatic carbocycles. The molecule has 0 fully saturated rings. The molecule has 2 N–H and O–H groups in total. The smallest absolute Gasteiger partial charge is 0.330 e. The van der Waals surface area contributed by atoms with Gasteiger partial charge in [0.15, 0.2) is 0 Å². The average molecular weight is 248 g/mol. The van der Waals surface area contributed by atoms with Gasteiger partial charge in [-0.15, -0.1) is 0 Å². The summed E-state index contributed by atoms with van der Waals surface area (Å²) in [4.78, 5) is 9.79. The number of hydrogen-bond donors (Lipinski definition) is 1. The van der Waals surface area contributed by atoms with Crippen molar-refractivity contribution < 1.29 is 18.1 Å². The Morgan fingerprint density at radius 3 is 2.47 bits per heavy atom. The zero-order chi connectivity index (χ0) is 13.2. The Labute approximate surface area is 95.4 Å². The molecular weight excluding hydrogens is 237 g/mol. The van der Waals surface area contributed by atoms with Crippen molar-refractivity contribution in [2.24, 2.45) is 5.73 Å². The molecule has 1 aromatic carbocycles. The van der Waals surface area contributed by atoms with Crippen molar-refractivity contribution in [2.75, 3.05) is 6.54 Å². The molecule has 0 aliphatic rings. The van der Waals surface area contributed by atoms with E-state index in [1.54, 1.807) is 0 Å². The van der Waals surface area contributed by atoms with E-state index in [1.165, 1.54) is 19.1 Å². The summed E-state index contributed by atoms with van der Waals surface area (Å²) >= 11 is 0. The first-order chi connectivity index (χ1) is 7.77. The molecule has 4 nitrogen and oxygen atoms in total. The van der Waals surface area contributed by atoms with Crippen LogP contribution in [0.15, 0.2) is 18.2 Å². The standard InChI is InChI=1S/C10H11F3N2O2/c1-6-2-3-7(15(16)17)4-8(6)9(5-14)10(11,12)13/h2-4,9H,5,14H2,1H3. The number of nitro benzene ring substituents is 1. The van der Waals surface area contributed by atoms with Crippen molar-refractivity contribution in [1.82, 2.24) is 0 Å². The van der Waals surface area contributed by atoms with Crippen molar-refractivity contribution in [3.8, 4) is 0 Å². The molecular formula is C10H11F3N2O2. The summed E-state index contributed by atoms with van der Waals surface area (Å²) in [5.41, 5.74) is 4.92. The number of non-ortho nitro benzene ring substituents is 1. The summed E-state index contributed by atoms with van der Waals surface area (Å²) in [5.74, 6) is -1.87. The van der Waals surface area contributed by atoms with E-state index in [4.69, 9.17) is 5.73 Å².